The second kappa shape index (κ2) is 7.29. The summed E-state index contributed by atoms with van der Waals surface area (Å²) in [5.41, 5.74) is 2.07. The van der Waals surface area contributed by atoms with Crippen LogP contribution in [-0.2, 0) is 9.53 Å². The lowest BCUT2D eigenvalue weighted by Crippen LogP contribution is -2.34. The quantitative estimate of drug-likeness (QED) is 0.878. The standard InChI is InChI=1S/C17H24N2O3/c1-4-5-16(20)18-10-15-11-19(17(21)22-15)14-8-6-13(7-9-14)12(2)3/h6-9,12,15H,4-5,10-11H2,1-3H3,(H,18,20). The van der Waals surface area contributed by atoms with E-state index in [1.165, 1.54) is 5.56 Å². The molecule has 1 aliphatic heterocycles. The van der Waals surface area contributed by atoms with Gasteiger partial charge in [-0.15, -0.1) is 0 Å². The fraction of sp³-hybridized carbons (Fsp3) is 0.529. The van der Waals surface area contributed by atoms with Crippen LogP contribution in [0.2, 0.25) is 0 Å². The molecular formula is C17H24N2O3. The summed E-state index contributed by atoms with van der Waals surface area (Å²) in [6.07, 6.45) is 0.663. The molecule has 1 atom stereocenters. The molecule has 2 amide bonds. The van der Waals surface area contributed by atoms with Gasteiger partial charge < -0.3 is 10.1 Å². The van der Waals surface area contributed by atoms with Crippen molar-refractivity contribution >= 4 is 17.7 Å². The molecule has 1 heterocycles. The molecule has 22 heavy (non-hydrogen) atoms. The average molecular weight is 304 g/mol. The molecule has 0 aromatic heterocycles. The number of hydrogen-bond donors (Lipinski definition) is 1. The Bertz CT molecular complexity index is 525. The van der Waals surface area contributed by atoms with Gasteiger partial charge in [-0.1, -0.05) is 32.9 Å². The number of ether oxygens (including phenoxy) is 1. The molecule has 120 valence electrons. The van der Waals surface area contributed by atoms with Crippen LogP contribution in [-0.4, -0.2) is 31.2 Å². The van der Waals surface area contributed by atoms with Crippen molar-refractivity contribution < 1.29 is 14.3 Å². The van der Waals surface area contributed by atoms with Gasteiger partial charge in [0.05, 0.1) is 13.1 Å². The lowest BCUT2D eigenvalue weighted by Gasteiger charge is -2.14. The maximum atomic E-state index is 12.0. The third-order valence-corrected chi connectivity index (χ3v) is 3.75. The van der Waals surface area contributed by atoms with Gasteiger partial charge in [0.25, 0.3) is 0 Å². The molecule has 0 radical (unpaired) electrons. The zero-order chi connectivity index (χ0) is 16.1. The van der Waals surface area contributed by atoms with Crippen LogP contribution in [0.4, 0.5) is 10.5 Å². The summed E-state index contributed by atoms with van der Waals surface area (Å²) in [4.78, 5) is 25.0. The third kappa shape index (κ3) is 4.00. The van der Waals surface area contributed by atoms with Gasteiger partial charge in [0, 0.05) is 12.1 Å². The minimum Gasteiger partial charge on any atom is -0.442 e. The number of cyclic esters (lactones) is 1. The molecule has 0 aliphatic carbocycles. The van der Waals surface area contributed by atoms with Gasteiger partial charge in [0.15, 0.2) is 0 Å². The number of carbonyl (C=O) groups excluding carboxylic acids is 2. The van der Waals surface area contributed by atoms with E-state index in [4.69, 9.17) is 4.74 Å². The highest BCUT2D eigenvalue weighted by Crippen LogP contribution is 2.24. The number of nitrogens with one attached hydrogen (secondary N) is 1. The number of hydrogen-bond acceptors (Lipinski definition) is 3. The molecule has 1 aliphatic rings. The lowest BCUT2D eigenvalue weighted by atomic mass is 10.0. The smallest absolute Gasteiger partial charge is 0.414 e. The Hall–Kier alpha value is -2.04. The van der Waals surface area contributed by atoms with Crippen LogP contribution >= 0.6 is 0 Å². The minimum absolute atomic E-state index is 0.00159. The van der Waals surface area contributed by atoms with Crippen LogP contribution < -0.4 is 10.2 Å². The maximum absolute atomic E-state index is 12.0. The van der Waals surface area contributed by atoms with Crippen LogP contribution in [0, 0.1) is 0 Å². The predicted molar refractivity (Wildman–Crippen MR) is 86.1 cm³/mol. The van der Waals surface area contributed by atoms with Gasteiger partial charge in [-0.05, 0) is 30.0 Å². The van der Waals surface area contributed by atoms with Crippen molar-refractivity contribution in [2.45, 2.75) is 45.6 Å². The Morgan fingerprint density at radius 1 is 1.36 bits per heavy atom. The molecule has 0 bridgehead atoms. The molecule has 5 nitrogen and oxygen atoms in total. The van der Waals surface area contributed by atoms with Gasteiger partial charge in [-0.3, -0.25) is 9.69 Å². The Labute approximate surface area is 131 Å². The first kappa shape index (κ1) is 16.3. The van der Waals surface area contributed by atoms with Crippen LogP contribution in [0.1, 0.15) is 45.1 Å². The fourth-order valence-corrected chi connectivity index (χ4v) is 2.42. The molecule has 1 saturated heterocycles. The molecule has 1 N–H and O–H groups in total. The van der Waals surface area contributed by atoms with E-state index in [1.807, 2.05) is 31.2 Å². The summed E-state index contributed by atoms with van der Waals surface area (Å²) in [5, 5.41) is 2.80. The predicted octanol–water partition coefficient (Wildman–Crippen LogP) is 3.05. The largest absolute Gasteiger partial charge is 0.442 e. The van der Waals surface area contributed by atoms with E-state index < -0.39 is 0 Å². The van der Waals surface area contributed by atoms with Gasteiger partial charge in [-0.2, -0.15) is 0 Å². The van der Waals surface area contributed by atoms with E-state index in [9.17, 15) is 9.59 Å². The van der Waals surface area contributed by atoms with E-state index in [2.05, 4.69) is 19.2 Å². The van der Waals surface area contributed by atoms with Crippen molar-refractivity contribution in [2.24, 2.45) is 0 Å². The Balaban J connectivity index is 1.93. The number of rotatable bonds is 6. The van der Waals surface area contributed by atoms with Crippen molar-refractivity contribution in [3.8, 4) is 0 Å². The van der Waals surface area contributed by atoms with Crippen molar-refractivity contribution in [3.63, 3.8) is 0 Å². The van der Waals surface area contributed by atoms with Crippen molar-refractivity contribution in [3.05, 3.63) is 29.8 Å². The van der Waals surface area contributed by atoms with E-state index in [-0.39, 0.29) is 18.1 Å². The van der Waals surface area contributed by atoms with Crippen molar-refractivity contribution in [1.82, 2.24) is 5.32 Å². The normalized spacial score (nSPS) is 17.7. The first-order valence-electron chi connectivity index (χ1n) is 7.86. The summed E-state index contributed by atoms with van der Waals surface area (Å²) < 4.78 is 5.31. The monoisotopic (exact) mass is 304 g/mol. The zero-order valence-corrected chi connectivity index (χ0v) is 13.5. The second-order valence-corrected chi connectivity index (χ2v) is 5.92. The summed E-state index contributed by atoms with van der Waals surface area (Å²) in [6, 6.07) is 7.94. The first-order valence-corrected chi connectivity index (χ1v) is 7.86. The molecule has 1 fully saturated rings. The minimum atomic E-state index is -0.355. The summed E-state index contributed by atoms with van der Waals surface area (Å²) >= 11 is 0. The van der Waals surface area contributed by atoms with E-state index in [0.717, 1.165) is 12.1 Å². The van der Waals surface area contributed by atoms with Crippen molar-refractivity contribution in [1.29, 1.82) is 0 Å². The average Bonchev–Trinajstić information content (AvgIpc) is 2.86. The maximum Gasteiger partial charge on any atom is 0.414 e. The number of anilines is 1. The summed E-state index contributed by atoms with van der Waals surface area (Å²) in [7, 11) is 0. The highest BCUT2D eigenvalue weighted by atomic mass is 16.6. The van der Waals surface area contributed by atoms with Gasteiger partial charge in [-0.25, -0.2) is 4.79 Å². The SMILES string of the molecule is CCCC(=O)NCC1CN(c2ccc(C(C)C)cc2)C(=O)O1. The third-order valence-electron chi connectivity index (χ3n) is 3.75. The fourth-order valence-electron chi connectivity index (χ4n) is 2.42. The molecule has 5 heteroatoms. The Morgan fingerprint density at radius 3 is 2.64 bits per heavy atom. The number of amides is 2. The topological polar surface area (TPSA) is 58.6 Å². The zero-order valence-electron chi connectivity index (χ0n) is 13.5. The number of nitrogens with zero attached hydrogens (tertiary/aromatic N) is 1. The van der Waals surface area contributed by atoms with E-state index >= 15 is 0 Å². The number of carbonyl (C=O) groups is 2. The second-order valence-electron chi connectivity index (χ2n) is 5.92. The van der Waals surface area contributed by atoms with E-state index in [0.29, 0.717) is 25.4 Å². The van der Waals surface area contributed by atoms with Gasteiger partial charge in [0.1, 0.15) is 6.10 Å². The highest BCUT2D eigenvalue weighted by molar-refractivity contribution is 5.89. The van der Waals surface area contributed by atoms with E-state index in [1.54, 1.807) is 4.90 Å². The summed E-state index contributed by atoms with van der Waals surface area (Å²) in [6.45, 7) is 7.05. The van der Waals surface area contributed by atoms with Crippen molar-refractivity contribution in [2.75, 3.05) is 18.0 Å². The van der Waals surface area contributed by atoms with Crippen LogP contribution in [0.25, 0.3) is 0 Å². The van der Waals surface area contributed by atoms with Crippen LogP contribution in [0.3, 0.4) is 0 Å². The lowest BCUT2D eigenvalue weighted by molar-refractivity contribution is -0.121. The molecule has 1 aromatic carbocycles. The molecule has 1 unspecified atom stereocenters. The molecule has 0 spiro atoms. The first-order chi connectivity index (χ1) is 10.5. The number of benzene rings is 1. The summed E-state index contributed by atoms with van der Waals surface area (Å²) in [5.74, 6) is 0.458. The molecule has 0 saturated carbocycles. The van der Waals surface area contributed by atoms with Gasteiger partial charge >= 0.3 is 6.09 Å². The highest BCUT2D eigenvalue weighted by Gasteiger charge is 2.32. The Morgan fingerprint density at radius 2 is 2.05 bits per heavy atom. The van der Waals surface area contributed by atoms with Gasteiger partial charge in [0.2, 0.25) is 5.91 Å². The van der Waals surface area contributed by atoms with Crippen LogP contribution in [0.5, 0.6) is 0 Å². The molecule has 2 rings (SSSR count). The molecular weight excluding hydrogens is 280 g/mol. The molecule has 1 aromatic rings. The van der Waals surface area contributed by atoms with Crippen LogP contribution in [0.15, 0.2) is 24.3 Å². The Kier molecular flexibility index (Phi) is 5.41.